The van der Waals surface area contributed by atoms with E-state index >= 15 is 0 Å². The number of aliphatic hydroxyl groups excluding tert-OH is 1. The molecule has 2 unspecified atom stereocenters. The number of benzene rings is 1. The van der Waals surface area contributed by atoms with Gasteiger partial charge in [-0.2, -0.15) is 0 Å². The third kappa shape index (κ3) is 3.60. The van der Waals surface area contributed by atoms with E-state index in [2.05, 4.69) is 29.3 Å². The van der Waals surface area contributed by atoms with Crippen LogP contribution in [0.25, 0.3) is 0 Å². The second-order valence-corrected chi connectivity index (χ2v) is 6.15. The second kappa shape index (κ2) is 7.21. The van der Waals surface area contributed by atoms with Gasteiger partial charge in [-0.25, -0.2) is 0 Å². The number of nitrogens with one attached hydrogen (secondary N) is 1. The maximum atomic E-state index is 9.93. The highest BCUT2D eigenvalue weighted by molar-refractivity contribution is 5.24. The Morgan fingerprint density at radius 2 is 2.10 bits per heavy atom. The number of hydrogen-bond donors (Lipinski definition) is 2. The normalized spacial score (nSPS) is 23.4. The third-order valence-corrected chi connectivity index (χ3v) is 4.67. The van der Waals surface area contributed by atoms with Crippen LogP contribution in [0, 0.1) is 5.92 Å². The minimum absolute atomic E-state index is 0.136. The minimum atomic E-state index is -0.318. The van der Waals surface area contributed by atoms with Gasteiger partial charge in [0.15, 0.2) is 0 Å². The number of piperidine rings is 1. The van der Waals surface area contributed by atoms with E-state index in [9.17, 15) is 5.11 Å². The molecular weight excluding hydrogens is 248 g/mol. The predicted molar refractivity (Wildman–Crippen MR) is 83.7 cm³/mol. The minimum Gasteiger partial charge on any atom is -0.394 e. The lowest BCUT2D eigenvalue weighted by molar-refractivity contribution is 0.121. The average Bonchev–Trinajstić information content (AvgIpc) is 2.50. The molecule has 0 bridgehead atoms. The topological polar surface area (TPSA) is 35.5 Å². The van der Waals surface area contributed by atoms with Gasteiger partial charge in [0.25, 0.3) is 0 Å². The summed E-state index contributed by atoms with van der Waals surface area (Å²) >= 11 is 0. The lowest BCUT2D eigenvalue weighted by atomic mass is 9.87. The molecule has 3 nitrogen and oxygen atoms in total. The van der Waals surface area contributed by atoms with Crippen molar-refractivity contribution < 1.29 is 5.11 Å². The molecule has 0 spiro atoms. The fraction of sp³-hybridized carbons (Fsp3) is 0.647. The molecule has 0 aliphatic carbocycles. The molecule has 2 N–H and O–H groups in total. The summed E-state index contributed by atoms with van der Waals surface area (Å²) in [6, 6.07) is 10.3. The monoisotopic (exact) mass is 276 g/mol. The van der Waals surface area contributed by atoms with Crippen LogP contribution in [-0.4, -0.2) is 43.3 Å². The van der Waals surface area contributed by atoms with E-state index in [1.165, 1.54) is 31.5 Å². The van der Waals surface area contributed by atoms with Crippen LogP contribution in [0.4, 0.5) is 0 Å². The molecule has 1 heterocycles. The van der Waals surface area contributed by atoms with Gasteiger partial charge in [-0.1, -0.05) is 37.3 Å². The van der Waals surface area contributed by atoms with Crippen molar-refractivity contribution >= 4 is 0 Å². The van der Waals surface area contributed by atoms with Crippen molar-refractivity contribution in [3.05, 3.63) is 35.9 Å². The van der Waals surface area contributed by atoms with Crippen molar-refractivity contribution in [3.63, 3.8) is 0 Å². The highest BCUT2D eigenvalue weighted by Gasteiger charge is 2.30. The first-order valence-electron chi connectivity index (χ1n) is 7.78. The fourth-order valence-electron chi connectivity index (χ4n) is 3.26. The standard InChI is InChI=1S/C17H28N2O/c1-15-7-6-11-19(13-15)12-10-17(14-20,18-2)16-8-4-3-5-9-16/h3-5,8-9,15,18,20H,6-7,10-14H2,1-2H3. The predicted octanol–water partition coefficient (Wildman–Crippen LogP) is 2.22. The number of hydrogen-bond acceptors (Lipinski definition) is 3. The zero-order chi connectivity index (χ0) is 14.4. The van der Waals surface area contributed by atoms with Crippen LogP contribution in [0.1, 0.15) is 31.7 Å². The fourth-order valence-corrected chi connectivity index (χ4v) is 3.26. The van der Waals surface area contributed by atoms with Crippen molar-refractivity contribution in [2.24, 2.45) is 5.92 Å². The number of rotatable bonds is 6. The Bertz CT molecular complexity index is 389. The van der Waals surface area contributed by atoms with E-state index in [1.54, 1.807) is 0 Å². The molecule has 3 heteroatoms. The van der Waals surface area contributed by atoms with Gasteiger partial charge in [-0.05, 0) is 44.3 Å². The third-order valence-electron chi connectivity index (χ3n) is 4.67. The van der Waals surface area contributed by atoms with E-state index < -0.39 is 0 Å². The lowest BCUT2D eigenvalue weighted by Gasteiger charge is -2.37. The molecule has 1 aliphatic rings. The number of aliphatic hydroxyl groups is 1. The Morgan fingerprint density at radius 1 is 1.35 bits per heavy atom. The van der Waals surface area contributed by atoms with Crippen molar-refractivity contribution in [2.45, 2.75) is 31.7 Å². The van der Waals surface area contributed by atoms with Gasteiger partial charge < -0.3 is 15.3 Å². The van der Waals surface area contributed by atoms with Crippen LogP contribution in [0.3, 0.4) is 0 Å². The summed E-state index contributed by atoms with van der Waals surface area (Å²) in [5, 5.41) is 13.3. The van der Waals surface area contributed by atoms with E-state index in [4.69, 9.17) is 0 Å². The molecule has 1 aromatic rings. The first-order chi connectivity index (χ1) is 9.70. The molecule has 1 fully saturated rings. The molecule has 2 rings (SSSR count). The first kappa shape index (κ1) is 15.5. The maximum absolute atomic E-state index is 9.93. The summed E-state index contributed by atoms with van der Waals surface area (Å²) in [5.41, 5.74) is 0.858. The Hall–Kier alpha value is -0.900. The molecule has 2 atom stereocenters. The average molecular weight is 276 g/mol. The molecule has 1 saturated heterocycles. The van der Waals surface area contributed by atoms with E-state index in [-0.39, 0.29) is 12.1 Å². The van der Waals surface area contributed by atoms with Crippen LogP contribution in [-0.2, 0) is 5.54 Å². The van der Waals surface area contributed by atoms with Gasteiger partial charge in [-0.15, -0.1) is 0 Å². The largest absolute Gasteiger partial charge is 0.394 e. The Kier molecular flexibility index (Phi) is 5.58. The Balaban J connectivity index is 2.02. The maximum Gasteiger partial charge on any atom is 0.0678 e. The highest BCUT2D eigenvalue weighted by Crippen LogP contribution is 2.26. The summed E-state index contributed by atoms with van der Waals surface area (Å²) in [7, 11) is 1.95. The van der Waals surface area contributed by atoms with E-state index in [0.717, 1.165) is 18.9 Å². The second-order valence-electron chi connectivity index (χ2n) is 6.15. The Labute approximate surface area is 123 Å². The number of nitrogens with zero attached hydrogens (tertiary/aromatic N) is 1. The van der Waals surface area contributed by atoms with Crippen LogP contribution < -0.4 is 5.32 Å². The smallest absolute Gasteiger partial charge is 0.0678 e. The zero-order valence-electron chi connectivity index (χ0n) is 12.8. The van der Waals surface area contributed by atoms with Gasteiger partial charge in [0.05, 0.1) is 12.1 Å². The molecule has 0 amide bonds. The van der Waals surface area contributed by atoms with Gasteiger partial charge in [0, 0.05) is 13.1 Å². The van der Waals surface area contributed by atoms with Crippen LogP contribution in [0.15, 0.2) is 30.3 Å². The number of likely N-dealkylation sites (tertiary alicyclic amines) is 1. The van der Waals surface area contributed by atoms with Crippen molar-refractivity contribution in [1.82, 2.24) is 10.2 Å². The zero-order valence-corrected chi connectivity index (χ0v) is 12.8. The SMILES string of the molecule is CNC(CO)(CCN1CCCC(C)C1)c1ccccc1. The molecule has 1 aromatic carbocycles. The van der Waals surface area contributed by atoms with Gasteiger partial charge in [0.2, 0.25) is 0 Å². The van der Waals surface area contributed by atoms with Crippen molar-refractivity contribution in [3.8, 4) is 0 Å². The quantitative estimate of drug-likeness (QED) is 0.836. The summed E-state index contributed by atoms with van der Waals surface area (Å²) in [4.78, 5) is 2.54. The van der Waals surface area contributed by atoms with E-state index in [0.29, 0.717) is 0 Å². The van der Waals surface area contributed by atoms with Crippen molar-refractivity contribution in [2.75, 3.05) is 33.3 Å². The summed E-state index contributed by atoms with van der Waals surface area (Å²) in [6.07, 6.45) is 3.60. The Morgan fingerprint density at radius 3 is 2.70 bits per heavy atom. The molecule has 112 valence electrons. The molecule has 20 heavy (non-hydrogen) atoms. The molecule has 0 aromatic heterocycles. The van der Waals surface area contributed by atoms with Crippen LogP contribution >= 0.6 is 0 Å². The van der Waals surface area contributed by atoms with E-state index in [1.807, 2.05) is 25.2 Å². The van der Waals surface area contributed by atoms with Crippen molar-refractivity contribution in [1.29, 1.82) is 0 Å². The first-order valence-corrected chi connectivity index (χ1v) is 7.78. The van der Waals surface area contributed by atoms with Gasteiger partial charge in [-0.3, -0.25) is 0 Å². The molecule has 0 radical (unpaired) electrons. The lowest BCUT2D eigenvalue weighted by Crippen LogP contribution is -2.47. The molecule has 1 aliphatic heterocycles. The summed E-state index contributed by atoms with van der Waals surface area (Å²) in [6.45, 7) is 5.91. The van der Waals surface area contributed by atoms with Crippen LogP contribution in [0.5, 0.6) is 0 Å². The molecular formula is C17H28N2O. The highest BCUT2D eigenvalue weighted by atomic mass is 16.3. The van der Waals surface area contributed by atoms with Gasteiger partial charge >= 0.3 is 0 Å². The van der Waals surface area contributed by atoms with Gasteiger partial charge in [0.1, 0.15) is 0 Å². The van der Waals surface area contributed by atoms with Crippen LogP contribution in [0.2, 0.25) is 0 Å². The number of likely N-dealkylation sites (N-methyl/N-ethyl adjacent to an activating group) is 1. The molecule has 0 saturated carbocycles. The summed E-state index contributed by atoms with van der Waals surface area (Å²) < 4.78 is 0. The summed E-state index contributed by atoms with van der Waals surface area (Å²) in [5.74, 6) is 0.804.